The lowest BCUT2D eigenvalue weighted by atomic mass is 10.2. The molecule has 0 radical (unpaired) electrons. The molecule has 0 aromatic heterocycles. The average molecular weight is 289 g/mol. The van der Waals surface area contributed by atoms with E-state index in [2.05, 4.69) is 11.9 Å². The molecule has 1 atom stereocenters. The number of nitrogens with one attached hydrogen (secondary N) is 1. The van der Waals surface area contributed by atoms with Crippen LogP contribution in [0.2, 0.25) is 0 Å². The van der Waals surface area contributed by atoms with Crippen LogP contribution in [-0.2, 0) is 14.3 Å². The van der Waals surface area contributed by atoms with Crippen molar-refractivity contribution in [3.63, 3.8) is 0 Å². The summed E-state index contributed by atoms with van der Waals surface area (Å²) < 4.78 is 9.92. The maximum absolute atomic E-state index is 11.8. The van der Waals surface area contributed by atoms with E-state index in [0.29, 0.717) is 13.0 Å². The fourth-order valence-corrected chi connectivity index (χ4v) is 1.62. The third-order valence-electron chi connectivity index (χ3n) is 2.08. The molecule has 0 heterocycles. The van der Waals surface area contributed by atoms with Crippen molar-refractivity contribution < 1.29 is 19.1 Å². The number of hydrogen-bond acceptors (Lipinski definition) is 5. The van der Waals surface area contributed by atoms with Gasteiger partial charge in [-0.1, -0.05) is 26.5 Å². The van der Waals surface area contributed by atoms with Crippen molar-refractivity contribution in [1.82, 2.24) is 5.32 Å². The van der Waals surface area contributed by atoms with Crippen molar-refractivity contribution in [3.05, 3.63) is 12.7 Å². The summed E-state index contributed by atoms with van der Waals surface area (Å²) in [6, 6.07) is -0.663. The van der Waals surface area contributed by atoms with E-state index >= 15 is 0 Å². The quantitative estimate of drug-likeness (QED) is 0.521. The minimum absolute atomic E-state index is 0.113. The van der Waals surface area contributed by atoms with Crippen LogP contribution in [0.15, 0.2) is 12.7 Å². The molecule has 110 valence electrons. The van der Waals surface area contributed by atoms with Crippen LogP contribution in [0.3, 0.4) is 0 Å². The number of alkyl carbamates (subject to hydrolysis) is 1. The number of amides is 1. The van der Waals surface area contributed by atoms with Crippen LogP contribution in [0, 0.1) is 5.92 Å². The average Bonchev–Trinajstić information content (AvgIpc) is 2.38. The van der Waals surface area contributed by atoms with Gasteiger partial charge in [0.05, 0.1) is 6.61 Å². The Kier molecular flexibility index (Phi) is 10.1. The molecule has 1 N–H and O–H groups in total. The van der Waals surface area contributed by atoms with Gasteiger partial charge in [0.25, 0.3) is 0 Å². The fraction of sp³-hybridized carbons (Fsp3) is 0.692. The number of carbonyl (C=O) groups excluding carboxylic acids is 2. The number of carbonyl (C=O) groups is 2. The van der Waals surface area contributed by atoms with Gasteiger partial charge in [-0.3, -0.25) is 0 Å². The van der Waals surface area contributed by atoms with Crippen LogP contribution in [0.25, 0.3) is 0 Å². The van der Waals surface area contributed by atoms with Gasteiger partial charge in [-0.15, -0.1) is 0 Å². The highest BCUT2D eigenvalue weighted by Crippen LogP contribution is 2.04. The SMILES string of the molecule is C=CCOC(=O)NC(CCSC)C(=O)OCC(C)C. The lowest BCUT2D eigenvalue weighted by Crippen LogP contribution is -2.42. The van der Waals surface area contributed by atoms with E-state index in [4.69, 9.17) is 9.47 Å². The monoisotopic (exact) mass is 289 g/mol. The van der Waals surface area contributed by atoms with E-state index in [0.717, 1.165) is 5.75 Å². The normalized spacial score (nSPS) is 11.8. The minimum atomic E-state index is -0.663. The number of thioether (sulfide) groups is 1. The van der Waals surface area contributed by atoms with Crippen LogP contribution < -0.4 is 5.32 Å². The van der Waals surface area contributed by atoms with Crippen molar-refractivity contribution in [3.8, 4) is 0 Å². The number of hydrogen-bond donors (Lipinski definition) is 1. The van der Waals surface area contributed by atoms with E-state index < -0.39 is 18.1 Å². The first-order valence-electron chi connectivity index (χ1n) is 6.21. The van der Waals surface area contributed by atoms with Crippen LogP contribution in [0.4, 0.5) is 4.79 Å². The molecule has 0 fully saturated rings. The second-order valence-corrected chi connectivity index (χ2v) is 5.38. The molecule has 0 saturated carbocycles. The first-order chi connectivity index (χ1) is 9.01. The summed E-state index contributed by atoms with van der Waals surface area (Å²) in [6.45, 7) is 7.81. The summed E-state index contributed by atoms with van der Waals surface area (Å²) in [5.74, 6) is 0.597. The van der Waals surface area contributed by atoms with E-state index in [-0.39, 0.29) is 12.5 Å². The second-order valence-electron chi connectivity index (χ2n) is 4.39. The van der Waals surface area contributed by atoms with E-state index in [1.54, 1.807) is 11.8 Å². The summed E-state index contributed by atoms with van der Waals surface area (Å²) in [5, 5.41) is 2.51. The molecule has 0 saturated heterocycles. The molecule has 0 bridgehead atoms. The molecule has 0 aliphatic carbocycles. The van der Waals surface area contributed by atoms with Gasteiger partial charge in [-0.2, -0.15) is 11.8 Å². The molecule has 19 heavy (non-hydrogen) atoms. The van der Waals surface area contributed by atoms with Crippen LogP contribution in [-0.4, -0.2) is 43.3 Å². The Morgan fingerprint density at radius 2 is 2.05 bits per heavy atom. The standard InChI is InChI=1S/C13H23NO4S/c1-5-7-17-13(16)14-11(6-8-19-4)12(15)18-9-10(2)3/h5,10-11H,1,6-9H2,2-4H3,(H,14,16). The Hall–Kier alpha value is -1.17. The molecule has 5 nitrogen and oxygen atoms in total. The Bertz CT molecular complexity index is 294. The summed E-state index contributed by atoms with van der Waals surface area (Å²) in [6.07, 6.45) is 3.29. The smallest absolute Gasteiger partial charge is 0.408 e. The Morgan fingerprint density at radius 3 is 2.58 bits per heavy atom. The number of ether oxygens (including phenoxy) is 2. The summed E-state index contributed by atoms with van der Waals surface area (Å²) in [7, 11) is 0. The highest BCUT2D eigenvalue weighted by Gasteiger charge is 2.22. The Balaban J connectivity index is 4.30. The molecule has 0 aromatic rings. The molecule has 1 amide bonds. The number of rotatable bonds is 9. The molecule has 0 aromatic carbocycles. The topological polar surface area (TPSA) is 64.6 Å². The molecule has 0 rings (SSSR count). The van der Waals surface area contributed by atoms with Crippen molar-refractivity contribution >= 4 is 23.8 Å². The maximum Gasteiger partial charge on any atom is 0.408 e. The summed E-state index contributed by atoms with van der Waals surface area (Å²) in [5.41, 5.74) is 0. The fourth-order valence-electron chi connectivity index (χ4n) is 1.15. The van der Waals surface area contributed by atoms with Crippen LogP contribution >= 0.6 is 11.8 Å². The molecular formula is C13H23NO4S. The van der Waals surface area contributed by atoms with Gasteiger partial charge in [-0.05, 0) is 24.3 Å². The zero-order valence-corrected chi connectivity index (χ0v) is 12.6. The molecule has 1 unspecified atom stereocenters. The van der Waals surface area contributed by atoms with Gasteiger partial charge < -0.3 is 14.8 Å². The zero-order valence-electron chi connectivity index (χ0n) is 11.8. The predicted octanol–water partition coefficient (Wildman–Crippen LogP) is 2.22. The van der Waals surface area contributed by atoms with Crippen molar-refractivity contribution in [1.29, 1.82) is 0 Å². The number of esters is 1. The highest BCUT2D eigenvalue weighted by molar-refractivity contribution is 7.98. The van der Waals surface area contributed by atoms with E-state index in [9.17, 15) is 9.59 Å². The lowest BCUT2D eigenvalue weighted by molar-refractivity contribution is -0.147. The van der Waals surface area contributed by atoms with Crippen LogP contribution in [0.1, 0.15) is 20.3 Å². The van der Waals surface area contributed by atoms with Gasteiger partial charge in [0.15, 0.2) is 0 Å². The zero-order chi connectivity index (χ0) is 14.7. The summed E-state index contributed by atoms with van der Waals surface area (Å²) in [4.78, 5) is 23.3. The van der Waals surface area contributed by atoms with E-state index in [1.165, 1.54) is 6.08 Å². The molecular weight excluding hydrogens is 266 g/mol. The third kappa shape index (κ3) is 9.41. The maximum atomic E-state index is 11.8. The third-order valence-corrected chi connectivity index (χ3v) is 2.72. The van der Waals surface area contributed by atoms with Gasteiger partial charge >= 0.3 is 12.1 Å². The van der Waals surface area contributed by atoms with Crippen molar-refractivity contribution in [2.24, 2.45) is 5.92 Å². The van der Waals surface area contributed by atoms with Gasteiger partial charge in [0, 0.05) is 0 Å². The predicted molar refractivity (Wildman–Crippen MR) is 77.3 cm³/mol. The first-order valence-corrected chi connectivity index (χ1v) is 7.60. The minimum Gasteiger partial charge on any atom is -0.464 e. The van der Waals surface area contributed by atoms with Gasteiger partial charge in [0.1, 0.15) is 12.6 Å². The van der Waals surface area contributed by atoms with Crippen molar-refractivity contribution in [2.75, 3.05) is 25.2 Å². The molecule has 0 spiro atoms. The van der Waals surface area contributed by atoms with E-state index in [1.807, 2.05) is 20.1 Å². The molecule has 0 aliphatic heterocycles. The summed E-state index contributed by atoms with van der Waals surface area (Å²) >= 11 is 1.60. The van der Waals surface area contributed by atoms with Crippen molar-refractivity contribution in [2.45, 2.75) is 26.3 Å². The first kappa shape index (κ1) is 17.8. The second kappa shape index (κ2) is 10.7. The van der Waals surface area contributed by atoms with Crippen LogP contribution in [0.5, 0.6) is 0 Å². The largest absolute Gasteiger partial charge is 0.464 e. The molecule has 0 aliphatic rings. The molecule has 6 heteroatoms. The Labute approximate surface area is 119 Å². The van der Waals surface area contributed by atoms with Gasteiger partial charge in [0.2, 0.25) is 0 Å². The van der Waals surface area contributed by atoms with Gasteiger partial charge in [-0.25, -0.2) is 9.59 Å². The lowest BCUT2D eigenvalue weighted by Gasteiger charge is -2.17. The Morgan fingerprint density at radius 1 is 1.37 bits per heavy atom. The highest BCUT2D eigenvalue weighted by atomic mass is 32.2.